The molecule has 28 heavy (non-hydrogen) atoms. The van der Waals surface area contributed by atoms with Crippen molar-refractivity contribution in [1.82, 2.24) is 10.3 Å². The number of hydrogen-bond donors (Lipinski definition) is 2. The van der Waals surface area contributed by atoms with E-state index in [1.165, 1.54) is 11.3 Å². The van der Waals surface area contributed by atoms with E-state index in [-0.39, 0.29) is 18.2 Å². The van der Waals surface area contributed by atoms with Crippen molar-refractivity contribution < 1.29 is 9.59 Å². The van der Waals surface area contributed by atoms with E-state index in [2.05, 4.69) is 15.6 Å². The van der Waals surface area contributed by atoms with Gasteiger partial charge in [0.15, 0.2) is 0 Å². The van der Waals surface area contributed by atoms with Crippen LogP contribution >= 0.6 is 11.3 Å². The molecule has 5 nitrogen and oxygen atoms in total. The quantitative estimate of drug-likeness (QED) is 0.660. The van der Waals surface area contributed by atoms with E-state index in [9.17, 15) is 9.59 Å². The van der Waals surface area contributed by atoms with Crippen LogP contribution in [0.15, 0.2) is 48.5 Å². The molecule has 2 aromatic carbocycles. The summed E-state index contributed by atoms with van der Waals surface area (Å²) in [5, 5.41) is 6.42. The second-order valence-corrected chi connectivity index (χ2v) is 7.87. The number of carbonyl (C=O) groups is 2. The summed E-state index contributed by atoms with van der Waals surface area (Å²) in [5.41, 5.74) is 4.69. The first-order valence-corrected chi connectivity index (χ1v) is 9.89. The van der Waals surface area contributed by atoms with Gasteiger partial charge in [-0.1, -0.05) is 42.0 Å². The van der Waals surface area contributed by atoms with Crippen molar-refractivity contribution in [2.45, 2.75) is 33.7 Å². The molecule has 0 radical (unpaired) electrons. The molecule has 0 unspecified atom stereocenters. The minimum Gasteiger partial charge on any atom is -0.347 e. The van der Waals surface area contributed by atoms with Crippen LogP contribution in [0.3, 0.4) is 0 Å². The molecule has 144 valence electrons. The normalized spacial score (nSPS) is 10.5. The predicted octanol–water partition coefficient (Wildman–Crippen LogP) is 4.18. The van der Waals surface area contributed by atoms with Crippen LogP contribution in [-0.4, -0.2) is 16.8 Å². The van der Waals surface area contributed by atoms with Gasteiger partial charge in [0.2, 0.25) is 5.91 Å². The zero-order chi connectivity index (χ0) is 20.1. The number of nitrogens with zero attached hydrogens (tertiary/aromatic N) is 1. The van der Waals surface area contributed by atoms with Crippen molar-refractivity contribution in [3.63, 3.8) is 0 Å². The fourth-order valence-electron chi connectivity index (χ4n) is 2.89. The predicted molar refractivity (Wildman–Crippen MR) is 113 cm³/mol. The van der Waals surface area contributed by atoms with E-state index in [0.29, 0.717) is 22.1 Å². The van der Waals surface area contributed by atoms with Crippen molar-refractivity contribution in [3.05, 3.63) is 80.8 Å². The average molecular weight is 394 g/mol. The molecule has 2 N–H and O–H groups in total. The molecule has 0 aliphatic heterocycles. The van der Waals surface area contributed by atoms with Crippen molar-refractivity contribution in [3.8, 4) is 0 Å². The molecule has 0 saturated heterocycles. The monoisotopic (exact) mass is 393 g/mol. The Kier molecular flexibility index (Phi) is 6.21. The molecule has 0 fully saturated rings. The second-order valence-electron chi connectivity index (χ2n) is 6.79. The summed E-state index contributed by atoms with van der Waals surface area (Å²) in [4.78, 5) is 29.7. The van der Waals surface area contributed by atoms with Gasteiger partial charge in [0.25, 0.3) is 5.91 Å². The molecule has 3 rings (SSSR count). The van der Waals surface area contributed by atoms with Crippen molar-refractivity contribution in [2.24, 2.45) is 0 Å². The number of anilines is 1. The van der Waals surface area contributed by atoms with E-state index in [1.54, 1.807) is 6.92 Å². The highest BCUT2D eigenvalue weighted by atomic mass is 32.1. The molecule has 1 aromatic heterocycles. The van der Waals surface area contributed by atoms with Gasteiger partial charge in [0.05, 0.1) is 12.1 Å². The number of benzene rings is 2. The summed E-state index contributed by atoms with van der Waals surface area (Å²) in [7, 11) is 0. The largest absolute Gasteiger partial charge is 0.347 e. The van der Waals surface area contributed by atoms with Gasteiger partial charge in [0.1, 0.15) is 9.88 Å². The Labute approximate surface area is 168 Å². The third kappa shape index (κ3) is 5.27. The van der Waals surface area contributed by atoms with Crippen LogP contribution in [0.25, 0.3) is 0 Å². The lowest BCUT2D eigenvalue weighted by atomic mass is 10.1. The lowest BCUT2D eigenvalue weighted by Gasteiger charge is -2.05. The third-order valence-corrected chi connectivity index (χ3v) is 5.35. The van der Waals surface area contributed by atoms with Gasteiger partial charge in [-0.3, -0.25) is 9.59 Å². The summed E-state index contributed by atoms with van der Waals surface area (Å²) >= 11 is 1.26. The molecule has 3 aromatic rings. The van der Waals surface area contributed by atoms with Crippen LogP contribution in [-0.2, 0) is 17.8 Å². The van der Waals surface area contributed by atoms with Gasteiger partial charge in [-0.05, 0) is 44.0 Å². The number of aromatic nitrogens is 1. The molecule has 6 heteroatoms. The van der Waals surface area contributed by atoms with E-state index in [1.807, 2.05) is 62.4 Å². The topological polar surface area (TPSA) is 71.1 Å². The number of amides is 2. The van der Waals surface area contributed by atoms with Crippen LogP contribution in [0.5, 0.6) is 0 Å². The Morgan fingerprint density at radius 1 is 1.00 bits per heavy atom. The van der Waals surface area contributed by atoms with Crippen molar-refractivity contribution in [1.29, 1.82) is 0 Å². The smallest absolute Gasteiger partial charge is 0.263 e. The number of aryl methyl sites for hydroxylation is 3. The fraction of sp³-hybridized carbons (Fsp3) is 0.227. The van der Waals surface area contributed by atoms with Crippen molar-refractivity contribution in [2.75, 3.05) is 5.32 Å². The van der Waals surface area contributed by atoms with Crippen LogP contribution < -0.4 is 10.6 Å². The van der Waals surface area contributed by atoms with Crippen LogP contribution in [0, 0.1) is 20.8 Å². The molecule has 0 spiro atoms. The highest BCUT2D eigenvalue weighted by Gasteiger charge is 2.17. The van der Waals surface area contributed by atoms with E-state index in [4.69, 9.17) is 0 Å². The van der Waals surface area contributed by atoms with Gasteiger partial charge < -0.3 is 10.6 Å². The Hall–Kier alpha value is -2.99. The first-order chi connectivity index (χ1) is 13.4. The minimum absolute atomic E-state index is 0.143. The summed E-state index contributed by atoms with van der Waals surface area (Å²) in [6, 6.07) is 15.6. The van der Waals surface area contributed by atoms with E-state index >= 15 is 0 Å². The molecular weight excluding hydrogens is 370 g/mol. The summed E-state index contributed by atoms with van der Waals surface area (Å²) < 4.78 is 0. The first-order valence-electron chi connectivity index (χ1n) is 9.07. The molecule has 0 saturated carbocycles. The zero-order valence-corrected chi connectivity index (χ0v) is 17.0. The molecular formula is C22H23N3O2S. The summed E-state index contributed by atoms with van der Waals surface area (Å²) in [5.74, 6) is -0.312. The molecule has 0 bridgehead atoms. The third-order valence-electron chi connectivity index (χ3n) is 4.20. The maximum absolute atomic E-state index is 12.5. The zero-order valence-electron chi connectivity index (χ0n) is 16.2. The Balaban J connectivity index is 1.60. The number of hydrogen-bond acceptors (Lipinski definition) is 4. The fourth-order valence-corrected chi connectivity index (χ4v) is 3.87. The molecule has 0 aliphatic rings. The molecule has 2 amide bonds. The minimum atomic E-state index is -0.165. The average Bonchev–Trinajstić information content (AvgIpc) is 3.00. The Morgan fingerprint density at radius 3 is 2.43 bits per heavy atom. The Bertz CT molecular complexity index is 1010. The highest BCUT2D eigenvalue weighted by molar-refractivity contribution is 7.13. The molecule has 0 aliphatic carbocycles. The summed E-state index contributed by atoms with van der Waals surface area (Å²) in [6.07, 6.45) is 0.143. The number of nitrogens with one attached hydrogen (secondary N) is 2. The van der Waals surface area contributed by atoms with Gasteiger partial charge in [0, 0.05) is 12.2 Å². The second kappa shape index (κ2) is 8.80. The standard InChI is InChI=1S/C22H23N3O2S/c1-14-6-4-8-17(10-14)13-23-22(27)21-16(3)24-20(28-21)12-19(26)25-18-9-5-7-15(2)11-18/h4-11H,12-13H2,1-3H3,(H,23,27)(H,25,26). The van der Waals surface area contributed by atoms with E-state index in [0.717, 1.165) is 22.4 Å². The lowest BCUT2D eigenvalue weighted by Crippen LogP contribution is -2.22. The van der Waals surface area contributed by atoms with Gasteiger partial charge in [-0.25, -0.2) is 4.98 Å². The van der Waals surface area contributed by atoms with Gasteiger partial charge >= 0.3 is 0 Å². The maximum Gasteiger partial charge on any atom is 0.263 e. The number of thiazole rings is 1. The number of carbonyl (C=O) groups excluding carboxylic acids is 2. The molecule has 0 atom stereocenters. The maximum atomic E-state index is 12.5. The van der Waals surface area contributed by atoms with Crippen LogP contribution in [0.4, 0.5) is 5.69 Å². The molecule has 1 heterocycles. The van der Waals surface area contributed by atoms with Crippen LogP contribution in [0.1, 0.15) is 37.1 Å². The Morgan fingerprint density at radius 2 is 1.71 bits per heavy atom. The lowest BCUT2D eigenvalue weighted by molar-refractivity contribution is -0.115. The number of rotatable bonds is 6. The van der Waals surface area contributed by atoms with Gasteiger partial charge in [-0.15, -0.1) is 11.3 Å². The van der Waals surface area contributed by atoms with Gasteiger partial charge in [-0.2, -0.15) is 0 Å². The first kappa shape index (κ1) is 19.8. The summed E-state index contributed by atoms with van der Waals surface area (Å²) in [6.45, 7) is 6.25. The highest BCUT2D eigenvalue weighted by Crippen LogP contribution is 2.19. The van der Waals surface area contributed by atoms with E-state index < -0.39 is 0 Å². The van der Waals surface area contributed by atoms with Crippen molar-refractivity contribution >= 4 is 28.8 Å². The SMILES string of the molecule is Cc1cccc(CNC(=O)c2sc(CC(=O)Nc3cccc(C)c3)nc2C)c1. The van der Waals surface area contributed by atoms with Crippen LogP contribution in [0.2, 0.25) is 0 Å².